The molecule has 0 aliphatic rings. The van der Waals surface area contributed by atoms with E-state index < -0.39 is 0 Å². The molecule has 0 amide bonds. The molecule has 2 aromatic heterocycles. The van der Waals surface area contributed by atoms with Crippen molar-refractivity contribution in [2.45, 2.75) is 12.5 Å². The van der Waals surface area contributed by atoms with Crippen LogP contribution < -0.4 is 11.1 Å². The van der Waals surface area contributed by atoms with E-state index in [2.05, 4.69) is 15.3 Å². The van der Waals surface area contributed by atoms with Gasteiger partial charge >= 0.3 is 0 Å². The molecule has 5 heteroatoms. The van der Waals surface area contributed by atoms with Gasteiger partial charge in [-0.2, -0.15) is 0 Å². The summed E-state index contributed by atoms with van der Waals surface area (Å²) in [5, 5.41) is 3.08. The Balaban J connectivity index is 2.26. The summed E-state index contributed by atoms with van der Waals surface area (Å²) in [5.74, 6) is -0.320. The molecule has 2 aromatic rings. The van der Waals surface area contributed by atoms with Crippen molar-refractivity contribution >= 4 is 5.69 Å². The van der Waals surface area contributed by atoms with Crippen LogP contribution in [0.2, 0.25) is 0 Å². The Hall–Kier alpha value is -2.01. The van der Waals surface area contributed by atoms with Crippen molar-refractivity contribution in [1.82, 2.24) is 15.3 Å². The van der Waals surface area contributed by atoms with Gasteiger partial charge in [0.05, 0.1) is 6.20 Å². The van der Waals surface area contributed by atoms with Crippen LogP contribution in [-0.4, -0.2) is 17.0 Å². The molecule has 0 bridgehead atoms. The predicted molar refractivity (Wildman–Crippen MR) is 68.3 cm³/mol. The van der Waals surface area contributed by atoms with Crippen molar-refractivity contribution in [2.75, 3.05) is 12.8 Å². The minimum absolute atomic E-state index is 0.153. The van der Waals surface area contributed by atoms with E-state index in [9.17, 15) is 4.39 Å². The number of aromatic nitrogens is 2. The van der Waals surface area contributed by atoms with Crippen LogP contribution in [0, 0.1) is 5.82 Å². The second kappa shape index (κ2) is 5.55. The fourth-order valence-electron chi connectivity index (χ4n) is 1.86. The van der Waals surface area contributed by atoms with Crippen LogP contribution in [0.4, 0.5) is 10.1 Å². The zero-order valence-electron chi connectivity index (χ0n) is 10.1. The van der Waals surface area contributed by atoms with Gasteiger partial charge in [-0.05, 0) is 31.2 Å². The van der Waals surface area contributed by atoms with E-state index in [1.54, 1.807) is 37.8 Å². The van der Waals surface area contributed by atoms with E-state index in [1.807, 2.05) is 0 Å². The third-order valence-electron chi connectivity index (χ3n) is 2.89. The van der Waals surface area contributed by atoms with Gasteiger partial charge in [0.15, 0.2) is 0 Å². The van der Waals surface area contributed by atoms with E-state index >= 15 is 0 Å². The highest BCUT2D eigenvalue weighted by atomic mass is 19.1. The van der Waals surface area contributed by atoms with Gasteiger partial charge in [-0.15, -0.1) is 0 Å². The van der Waals surface area contributed by atoms with Gasteiger partial charge in [0, 0.05) is 35.9 Å². The van der Waals surface area contributed by atoms with Crippen molar-refractivity contribution in [1.29, 1.82) is 0 Å². The first kappa shape index (κ1) is 12.4. The number of halogens is 1. The lowest BCUT2D eigenvalue weighted by Crippen LogP contribution is -2.20. The molecule has 0 aliphatic carbocycles. The molecule has 4 nitrogen and oxygen atoms in total. The van der Waals surface area contributed by atoms with Gasteiger partial charge in [-0.1, -0.05) is 0 Å². The van der Waals surface area contributed by atoms with Crippen molar-refractivity contribution in [2.24, 2.45) is 0 Å². The fraction of sp³-hybridized carbons (Fsp3) is 0.231. The first-order chi connectivity index (χ1) is 8.72. The zero-order valence-corrected chi connectivity index (χ0v) is 10.1. The van der Waals surface area contributed by atoms with E-state index in [1.165, 1.54) is 6.20 Å². The monoisotopic (exact) mass is 246 g/mol. The highest BCUT2D eigenvalue weighted by Gasteiger charge is 2.15. The molecule has 18 heavy (non-hydrogen) atoms. The molecule has 2 heterocycles. The third-order valence-corrected chi connectivity index (χ3v) is 2.89. The molecule has 0 radical (unpaired) electrons. The SMILES string of the molecule is CNC(Cc1cnccc1N)c1ccncc1F. The fourth-order valence-corrected chi connectivity index (χ4v) is 1.86. The Labute approximate surface area is 105 Å². The minimum atomic E-state index is -0.320. The summed E-state index contributed by atoms with van der Waals surface area (Å²) in [7, 11) is 1.79. The van der Waals surface area contributed by atoms with Crippen molar-refractivity contribution in [3.8, 4) is 0 Å². The highest BCUT2D eigenvalue weighted by Crippen LogP contribution is 2.22. The molecular formula is C13H15FN4. The number of rotatable bonds is 4. The van der Waals surface area contributed by atoms with Crippen LogP contribution in [0.3, 0.4) is 0 Å². The molecule has 0 aliphatic heterocycles. The standard InChI is InChI=1S/C13H15FN4/c1-16-13(10-2-4-18-8-11(10)14)6-9-7-17-5-3-12(9)15/h2-5,7-8,13,16H,6H2,1H3,(H2,15,17). The Morgan fingerprint density at radius 2 is 2.00 bits per heavy atom. The maximum atomic E-state index is 13.7. The van der Waals surface area contributed by atoms with E-state index in [-0.39, 0.29) is 11.9 Å². The second-order valence-corrected chi connectivity index (χ2v) is 4.02. The molecule has 0 aromatic carbocycles. The molecule has 0 fully saturated rings. The smallest absolute Gasteiger partial charge is 0.146 e. The average molecular weight is 246 g/mol. The molecule has 0 spiro atoms. The molecule has 1 atom stereocenters. The van der Waals surface area contributed by atoms with Crippen molar-refractivity contribution < 1.29 is 4.39 Å². The van der Waals surface area contributed by atoms with Crippen LogP contribution in [0.25, 0.3) is 0 Å². The van der Waals surface area contributed by atoms with Crippen LogP contribution in [0.5, 0.6) is 0 Å². The largest absolute Gasteiger partial charge is 0.398 e. The van der Waals surface area contributed by atoms with Crippen molar-refractivity contribution in [3.63, 3.8) is 0 Å². The summed E-state index contributed by atoms with van der Waals surface area (Å²) in [6, 6.07) is 3.26. The van der Waals surface area contributed by atoms with E-state index in [0.717, 1.165) is 5.56 Å². The van der Waals surface area contributed by atoms with E-state index in [4.69, 9.17) is 5.73 Å². The highest BCUT2D eigenvalue weighted by molar-refractivity contribution is 5.45. The van der Waals surface area contributed by atoms with E-state index in [0.29, 0.717) is 17.7 Å². The van der Waals surface area contributed by atoms with Gasteiger partial charge in [-0.25, -0.2) is 4.39 Å². The van der Waals surface area contributed by atoms with Gasteiger partial charge in [-0.3, -0.25) is 9.97 Å². The lowest BCUT2D eigenvalue weighted by atomic mass is 10.00. The maximum absolute atomic E-state index is 13.7. The van der Waals surface area contributed by atoms with Crippen LogP contribution >= 0.6 is 0 Å². The Bertz CT molecular complexity index is 530. The number of hydrogen-bond donors (Lipinski definition) is 2. The Morgan fingerprint density at radius 1 is 1.28 bits per heavy atom. The zero-order chi connectivity index (χ0) is 13.0. The first-order valence-corrected chi connectivity index (χ1v) is 5.67. The summed E-state index contributed by atoms with van der Waals surface area (Å²) in [6.45, 7) is 0. The Kier molecular flexibility index (Phi) is 3.84. The molecule has 0 saturated carbocycles. The summed E-state index contributed by atoms with van der Waals surface area (Å²) in [6.07, 6.45) is 6.72. The topological polar surface area (TPSA) is 63.8 Å². The summed E-state index contributed by atoms with van der Waals surface area (Å²) in [4.78, 5) is 7.78. The van der Waals surface area contributed by atoms with Gasteiger partial charge < -0.3 is 11.1 Å². The average Bonchev–Trinajstić information content (AvgIpc) is 2.39. The first-order valence-electron chi connectivity index (χ1n) is 5.67. The lowest BCUT2D eigenvalue weighted by molar-refractivity contribution is 0.530. The summed E-state index contributed by atoms with van der Waals surface area (Å²) < 4.78 is 13.7. The maximum Gasteiger partial charge on any atom is 0.146 e. The quantitative estimate of drug-likeness (QED) is 0.862. The Morgan fingerprint density at radius 3 is 2.67 bits per heavy atom. The number of anilines is 1. The summed E-state index contributed by atoms with van der Waals surface area (Å²) in [5.41, 5.74) is 8.01. The number of nitrogens with two attached hydrogens (primary N) is 1. The van der Waals surface area contributed by atoms with Crippen LogP contribution in [-0.2, 0) is 6.42 Å². The predicted octanol–water partition coefficient (Wildman–Crippen LogP) is 1.70. The molecule has 94 valence electrons. The van der Waals surface area contributed by atoms with Crippen molar-refractivity contribution in [3.05, 3.63) is 53.9 Å². The number of nitrogen functional groups attached to an aromatic ring is 1. The number of nitrogens with zero attached hydrogens (tertiary/aromatic N) is 2. The molecule has 2 rings (SSSR count). The van der Waals surface area contributed by atoms with Crippen LogP contribution in [0.1, 0.15) is 17.2 Å². The number of nitrogens with one attached hydrogen (secondary N) is 1. The lowest BCUT2D eigenvalue weighted by Gasteiger charge is -2.17. The van der Waals surface area contributed by atoms with Gasteiger partial charge in [0.25, 0.3) is 0 Å². The number of likely N-dealkylation sites (N-methyl/N-ethyl adjacent to an activating group) is 1. The summed E-state index contributed by atoms with van der Waals surface area (Å²) >= 11 is 0. The normalized spacial score (nSPS) is 12.3. The molecular weight excluding hydrogens is 231 g/mol. The number of pyridine rings is 2. The molecule has 3 N–H and O–H groups in total. The third kappa shape index (κ3) is 2.62. The van der Waals surface area contributed by atoms with Gasteiger partial charge in [0.2, 0.25) is 0 Å². The van der Waals surface area contributed by atoms with Gasteiger partial charge in [0.1, 0.15) is 5.82 Å². The minimum Gasteiger partial charge on any atom is -0.398 e. The number of hydrogen-bond acceptors (Lipinski definition) is 4. The van der Waals surface area contributed by atoms with Crippen LogP contribution in [0.15, 0.2) is 36.9 Å². The molecule has 0 saturated heterocycles. The molecule has 1 unspecified atom stereocenters. The second-order valence-electron chi connectivity index (χ2n) is 4.02.